The van der Waals surface area contributed by atoms with Crippen LogP contribution in [-0.2, 0) is 4.74 Å². The van der Waals surface area contributed by atoms with Crippen LogP contribution in [0, 0.1) is 5.82 Å². The molecule has 0 aliphatic carbocycles. The molecule has 1 aromatic rings. The lowest BCUT2D eigenvalue weighted by molar-refractivity contribution is 0.0521. The molecular formula is C14H19FN2O2. The van der Waals surface area contributed by atoms with E-state index in [1.807, 2.05) is 4.90 Å². The number of carbonyl (C=O) groups is 1. The minimum Gasteiger partial charge on any atom is -0.462 e. The summed E-state index contributed by atoms with van der Waals surface area (Å²) in [5.74, 6) is -1.12. The highest BCUT2D eigenvalue weighted by atomic mass is 19.1. The molecule has 0 radical (unpaired) electrons. The Morgan fingerprint density at radius 1 is 1.47 bits per heavy atom. The number of rotatable bonds is 3. The van der Waals surface area contributed by atoms with Gasteiger partial charge >= 0.3 is 5.97 Å². The summed E-state index contributed by atoms with van der Waals surface area (Å²) in [6, 6.07) is 5.01. The van der Waals surface area contributed by atoms with E-state index >= 15 is 0 Å². The van der Waals surface area contributed by atoms with E-state index in [9.17, 15) is 9.18 Å². The van der Waals surface area contributed by atoms with E-state index in [-0.39, 0.29) is 18.2 Å². The summed E-state index contributed by atoms with van der Waals surface area (Å²) < 4.78 is 19.2. The van der Waals surface area contributed by atoms with Crippen molar-refractivity contribution in [3.05, 3.63) is 29.6 Å². The number of piperidine rings is 1. The van der Waals surface area contributed by atoms with Crippen LogP contribution >= 0.6 is 0 Å². The Hall–Kier alpha value is -1.62. The summed E-state index contributed by atoms with van der Waals surface area (Å²) in [4.78, 5) is 13.6. The van der Waals surface area contributed by atoms with E-state index in [1.165, 1.54) is 6.07 Å². The van der Waals surface area contributed by atoms with Crippen LogP contribution in [0.3, 0.4) is 0 Å². The predicted octanol–water partition coefficient (Wildman–Crippen LogP) is 1.93. The Kier molecular flexibility index (Phi) is 4.37. The van der Waals surface area contributed by atoms with Crippen molar-refractivity contribution in [1.82, 2.24) is 0 Å². The Bertz CT molecular complexity index is 457. The standard InChI is InChI=1S/C14H19FN2O2/c1-2-19-14(18)11-4-3-5-12(13(11)15)17-8-6-10(16)7-9-17/h3-5,10H,2,6-9,16H2,1H3. The first-order chi connectivity index (χ1) is 9.13. The average Bonchev–Trinajstić information content (AvgIpc) is 2.40. The zero-order valence-electron chi connectivity index (χ0n) is 11.1. The fraction of sp³-hybridized carbons (Fsp3) is 0.500. The number of nitrogens with zero attached hydrogens (tertiary/aromatic N) is 1. The first-order valence-corrected chi connectivity index (χ1v) is 6.59. The average molecular weight is 266 g/mol. The molecule has 5 heteroatoms. The molecule has 1 aliphatic heterocycles. The zero-order valence-corrected chi connectivity index (χ0v) is 11.1. The molecule has 0 amide bonds. The Morgan fingerprint density at radius 3 is 2.79 bits per heavy atom. The minimum atomic E-state index is -0.615. The van der Waals surface area contributed by atoms with Crippen LogP contribution in [0.5, 0.6) is 0 Å². The SMILES string of the molecule is CCOC(=O)c1cccc(N2CCC(N)CC2)c1F. The summed E-state index contributed by atoms with van der Waals surface area (Å²) in [6.45, 7) is 3.36. The third-order valence-corrected chi connectivity index (χ3v) is 3.35. The fourth-order valence-electron chi connectivity index (χ4n) is 2.27. The summed E-state index contributed by atoms with van der Waals surface area (Å²) in [6.07, 6.45) is 1.67. The fourth-order valence-corrected chi connectivity index (χ4v) is 2.27. The Labute approximate surface area is 112 Å². The molecule has 0 bridgehead atoms. The molecule has 0 aromatic heterocycles. The van der Waals surface area contributed by atoms with Gasteiger partial charge in [-0.15, -0.1) is 0 Å². The van der Waals surface area contributed by atoms with E-state index in [4.69, 9.17) is 10.5 Å². The molecule has 104 valence electrons. The monoisotopic (exact) mass is 266 g/mol. The van der Waals surface area contributed by atoms with E-state index < -0.39 is 11.8 Å². The van der Waals surface area contributed by atoms with Gasteiger partial charge in [-0.2, -0.15) is 0 Å². The molecule has 4 nitrogen and oxygen atoms in total. The van der Waals surface area contributed by atoms with Gasteiger partial charge in [0.15, 0.2) is 5.82 Å². The highest BCUT2D eigenvalue weighted by Gasteiger charge is 2.22. The van der Waals surface area contributed by atoms with Crippen molar-refractivity contribution in [3.8, 4) is 0 Å². The summed E-state index contributed by atoms with van der Waals surface area (Å²) in [5.41, 5.74) is 6.29. The van der Waals surface area contributed by atoms with Gasteiger partial charge in [-0.05, 0) is 31.9 Å². The molecule has 0 atom stereocenters. The van der Waals surface area contributed by atoms with Crippen molar-refractivity contribution in [2.45, 2.75) is 25.8 Å². The predicted molar refractivity (Wildman–Crippen MR) is 71.8 cm³/mol. The second kappa shape index (κ2) is 6.02. The van der Waals surface area contributed by atoms with Gasteiger partial charge in [-0.3, -0.25) is 0 Å². The topological polar surface area (TPSA) is 55.6 Å². The van der Waals surface area contributed by atoms with Gasteiger partial charge in [0.2, 0.25) is 0 Å². The van der Waals surface area contributed by atoms with Crippen molar-refractivity contribution in [1.29, 1.82) is 0 Å². The van der Waals surface area contributed by atoms with Gasteiger partial charge in [0, 0.05) is 19.1 Å². The maximum absolute atomic E-state index is 14.4. The molecule has 1 fully saturated rings. The molecular weight excluding hydrogens is 247 g/mol. The third kappa shape index (κ3) is 3.04. The smallest absolute Gasteiger partial charge is 0.341 e. The summed E-state index contributed by atoms with van der Waals surface area (Å²) in [7, 11) is 0. The lowest BCUT2D eigenvalue weighted by Crippen LogP contribution is -2.40. The second-order valence-corrected chi connectivity index (χ2v) is 4.68. The lowest BCUT2D eigenvalue weighted by atomic mass is 10.0. The number of hydrogen-bond donors (Lipinski definition) is 1. The van der Waals surface area contributed by atoms with Gasteiger partial charge in [0.25, 0.3) is 0 Å². The van der Waals surface area contributed by atoms with E-state index in [1.54, 1.807) is 19.1 Å². The maximum Gasteiger partial charge on any atom is 0.341 e. The molecule has 0 unspecified atom stereocenters. The van der Waals surface area contributed by atoms with Gasteiger partial charge in [0.05, 0.1) is 17.9 Å². The molecule has 19 heavy (non-hydrogen) atoms. The largest absolute Gasteiger partial charge is 0.462 e. The van der Waals surface area contributed by atoms with Crippen molar-refractivity contribution in [2.75, 3.05) is 24.6 Å². The number of anilines is 1. The number of nitrogens with two attached hydrogens (primary N) is 1. The van der Waals surface area contributed by atoms with Crippen LogP contribution < -0.4 is 10.6 Å². The van der Waals surface area contributed by atoms with Gasteiger partial charge in [0.1, 0.15) is 0 Å². The third-order valence-electron chi connectivity index (χ3n) is 3.35. The molecule has 0 saturated carbocycles. The molecule has 1 aromatic carbocycles. The Balaban J connectivity index is 2.22. The van der Waals surface area contributed by atoms with Crippen LogP contribution in [-0.4, -0.2) is 31.7 Å². The van der Waals surface area contributed by atoms with Crippen molar-refractivity contribution in [3.63, 3.8) is 0 Å². The highest BCUT2D eigenvalue weighted by Crippen LogP contribution is 2.25. The van der Waals surface area contributed by atoms with Crippen molar-refractivity contribution >= 4 is 11.7 Å². The molecule has 0 spiro atoms. The van der Waals surface area contributed by atoms with Crippen LogP contribution in [0.1, 0.15) is 30.1 Å². The molecule has 1 saturated heterocycles. The first-order valence-electron chi connectivity index (χ1n) is 6.59. The molecule has 1 heterocycles. The number of carbonyl (C=O) groups excluding carboxylic acids is 1. The van der Waals surface area contributed by atoms with Crippen LogP contribution in [0.25, 0.3) is 0 Å². The highest BCUT2D eigenvalue weighted by molar-refractivity contribution is 5.91. The van der Waals surface area contributed by atoms with E-state index in [2.05, 4.69) is 0 Å². The van der Waals surface area contributed by atoms with E-state index in [0.717, 1.165) is 12.8 Å². The van der Waals surface area contributed by atoms with Crippen molar-refractivity contribution in [2.24, 2.45) is 5.73 Å². The van der Waals surface area contributed by atoms with Crippen LogP contribution in [0.2, 0.25) is 0 Å². The number of ether oxygens (including phenoxy) is 1. The van der Waals surface area contributed by atoms with Gasteiger partial charge < -0.3 is 15.4 Å². The van der Waals surface area contributed by atoms with Crippen molar-refractivity contribution < 1.29 is 13.9 Å². The number of hydrogen-bond acceptors (Lipinski definition) is 4. The normalized spacial score (nSPS) is 16.5. The minimum absolute atomic E-state index is 0.00535. The zero-order chi connectivity index (χ0) is 13.8. The quantitative estimate of drug-likeness (QED) is 0.849. The van der Waals surface area contributed by atoms with Crippen LogP contribution in [0.4, 0.5) is 10.1 Å². The molecule has 2 N–H and O–H groups in total. The summed E-state index contributed by atoms with van der Waals surface area (Å²) >= 11 is 0. The lowest BCUT2D eigenvalue weighted by Gasteiger charge is -2.32. The molecule has 1 aliphatic rings. The Morgan fingerprint density at radius 2 is 2.16 bits per heavy atom. The second-order valence-electron chi connectivity index (χ2n) is 4.68. The first kappa shape index (κ1) is 13.8. The van der Waals surface area contributed by atoms with Crippen LogP contribution in [0.15, 0.2) is 18.2 Å². The molecule has 2 rings (SSSR count). The number of benzene rings is 1. The van der Waals surface area contributed by atoms with Gasteiger partial charge in [-0.1, -0.05) is 6.07 Å². The maximum atomic E-state index is 14.4. The number of halogens is 1. The van der Waals surface area contributed by atoms with E-state index in [0.29, 0.717) is 18.8 Å². The van der Waals surface area contributed by atoms with Gasteiger partial charge in [-0.25, -0.2) is 9.18 Å². The number of esters is 1. The summed E-state index contributed by atoms with van der Waals surface area (Å²) in [5, 5.41) is 0.